The Hall–Kier alpha value is -3.21. The van der Waals surface area contributed by atoms with E-state index in [9.17, 15) is 4.79 Å². The van der Waals surface area contributed by atoms with E-state index in [2.05, 4.69) is 9.97 Å². The SMILES string of the molecule is Cc1cc(C(=O)O)nc(-c2ccc(OCc3ccccc3)cc2)n1. The molecule has 0 aliphatic heterocycles. The van der Waals surface area contributed by atoms with Crippen LogP contribution in [0.2, 0.25) is 0 Å². The fraction of sp³-hybridized carbons (Fsp3) is 0.105. The molecule has 0 unspecified atom stereocenters. The van der Waals surface area contributed by atoms with Gasteiger partial charge in [0.05, 0.1) is 0 Å². The largest absolute Gasteiger partial charge is 0.489 e. The van der Waals surface area contributed by atoms with Crippen molar-refractivity contribution in [1.29, 1.82) is 0 Å². The normalized spacial score (nSPS) is 10.4. The summed E-state index contributed by atoms with van der Waals surface area (Å²) >= 11 is 0. The predicted octanol–water partition coefficient (Wildman–Crippen LogP) is 3.73. The third-order valence-electron chi connectivity index (χ3n) is 3.43. The number of aromatic carboxylic acids is 1. The van der Waals surface area contributed by atoms with Crippen molar-refractivity contribution in [2.75, 3.05) is 0 Å². The van der Waals surface area contributed by atoms with Crippen LogP contribution in [-0.4, -0.2) is 21.0 Å². The van der Waals surface area contributed by atoms with Gasteiger partial charge in [0.1, 0.15) is 12.4 Å². The van der Waals surface area contributed by atoms with Crippen LogP contribution >= 0.6 is 0 Å². The fourth-order valence-electron chi connectivity index (χ4n) is 2.25. The lowest BCUT2D eigenvalue weighted by atomic mass is 10.2. The molecular formula is C19H16N2O3. The van der Waals surface area contributed by atoms with Gasteiger partial charge in [-0.15, -0.1) is 0 Å². The number of hydrogen-bond donors (Lipinski definition) is 1. The quantitative estimate of drug-likeness (QED) is 0.775. The molecule has 5 nitrogen and oxygen atoms in total. The molecule has 0 bridgehead atoms. The first-order valence-electron chi connectivity index (χ1n) is 7.48. The lowest BCUT2D eigenvalue weighted by molar-refractivity contribution is 0.0690. The molecule has 0 aliphatic rings. The minimum atomic E-state index is -1.07. The van der Waals surface area contributed by atoms with Gasteiger partial charge in [-0.2, -0.15) is 0 Å². The standard InChI is InChI=1S/C19H16N2O3/c1-13-11-17(19(22)23)21-18(20-13)15-7-9-16(10-8-15)24-12-14-5-3-2-4-6-14/h2-11H,12H2,1H3,(H,22,23). The lowest BCUT2D eigenvalue weighted by Crippen LogP contribution is -2.04. The van der Waals surface area contributed by atoms with Gasteiger partial charge in [-0.05, 0) is 42.8 Å². The summed E-state index contributed by atoms with van der Waals surface area (Å²) in [6.45, 7) is 2.24. The maximum atomic E-state index is 11.1. The number of benzene rings is 2. The first kappa shape index (κ1) is 15.7. The van der Waals surface area contributed by atoms with Crippen LogP contribution in [0, 0.1) is 6.92 Å². The van der Waals surface area contributed by atoms with Crippen LogP contribution in [0.15, 0.2) is 60.7 Å². The Kier molecular flexibility index (Phi) is 4.52. The highest BCUT2D eigenvalue weighted by Crippen LogP contribution is 2.21. The summed E-state index contributed by atoms with van der Waals surface area (Å²) in [6, 6.07) is 18.6. The topological polar surface area (TPSA) is 72.3 Å². The van der Waals surface area contributed by atoms with Gasteiger partial charge in [0, 0.05) is 11.3 Å². The number of carboxylic acids is 1. The zero-order valence-electron chi connectivity index (χ0n) is 13.1. The number of aromatic nitrogens is 2. The van der Waals surface area contributed by atoms with Gasteiger partial charge in [0.25, 0.3) is 0 Å². The van der Waals surface area contributed by atoms with E-state index < -0.39 is 5.97 Å². The zero-order valence-corrected chi connectivity index (χ0v) is 13.1. The Morgan fingerprint density at radius 1 is 1.04 bits per heavy atom. The minimum absolute atomic E-state index is 0.0121. The number of rotatable bonds is 5. The number of hydrogen-bond acceptors (Lipinski definition) is 4. The monoisotopic (exact) mass is 320 g/mol. The summed E-state index contributed by atoms with van der Waals surface area (Å²) in [6.07, 6.45) is 0. The first-order valence-corrected chi connectivity index (χ1v) is 7.48. The molecule has 0 radical (unpaired) electrons. The van der Waals surface area contributed by atoms with Gasteiger partial charge in [0.15, 0.2) is 11.5 Å². The third-order valence-corrected chi connectivity index (χ3v) is 3.43. The molecule has 1 aromatic heterocycles. The van der Waals surface area contributed by atoms with Crippen LogP contribution in [0.3, 0.4) is 0 Å². The Labute approximate surface area is 139 Å². The van der Waals surface area contributed by atoms with Crippen LogP contribution in [-0.2, 0) is 6.61 Å². The highest BCUT2D eigenvalue weighted by atomic mass is 16.5. The van der Waals surface area contributed by atoms with Crippen LogP contribution in [0.4, 0.5) is 0 Å². The van der Waals surface area contributed by atoms with Gasteiger partial charge >= 0.3 is 5.97 Å². The van der Waals surface area contributed by atoms with Gasteiger partial charge in [-0.1, -0.05) is 30.3 Å². The van der Waals surface area contributed by atoms with Crippen molar-refractivity contribution in [2.24, 2.45) is 0 Å². The summed E-state index contributed by atoms with van der Waals surface area (Å²) in [5, 5.41) is 9.09. The summed E-state index contributed by atoms with van der Waals surface area (Å²) in [4.78, 5) is 19.5. The molecular weight excluding hydrogens is 304 g/mol. The molecule has 0 atom stereocenters. The average molecular weight is 320 g/mol. The Morgan fingerprint density at radius 2 is 1.75 bits per heavy atom. The Bertz CT molecular complexity index is 846. The Morgan fingerprint density at radius 3 is 2.42 bits per heavy atom. The molecule has 0 fully saturated rings. The van der Waals surface area contributed by atoms with E-state index >= 15 is 0 Å². The van der Waals surface area contributed by atoms with Crippen LogP contribution in [0.5, 0.6) is 5.75 Å². The van der Waals surface area contributed by atoms with E-state index in [-0.39, 0.29) is 5.69 Å². The van der Waals surface area contributed by atoms with E-state index in [1.165, 1.54) is 6.07 Å². The minimum Gasteiger partial charge on any atom is -0.489 e. The van der Waals surface area contributed by atoms with Crippen molar-refractivity contribution in [3.63, 3.8) is 0 Å². The second kappa shape index (κ2) is 6.91. The van der Waals surface area contributed by atoms with E-state index in [1.807, 2.05) is 54.6 Å². The van der Waals surface area contributed by atoms with E-state index in [0.717, 1.165) is 16.9 Å². The fourth-order valence-corrected chi connectivity index (χ4v) is 2.25. The highest BCUT2D eigenvalue weighted by molar-refractivity contribution is 5.86. The van der Waals surface area contributed by atoms with E-state index in [0.29, 0.717) is 18.1 Å². The molecule has 0 aliphatic carbocycles. The maximum absolute atomic E-state index is 11.1. The predicted molar refractivity (Wildman–Crippen MR) is 89.9 cm³/mol. The summed E-state index contributed by atoms with van der Waals surface area (Å²) in [5.74, 6) is 0.0558. The molecule has 0 saturated carbocycles. The molecule has 5 heteroatoms. The number of aryl methyl sites for hydroxylation is 1. The van der Waals surface area contributed by atoms with Gasteiger partial charge < -0.3 is 9.84 Å². The number of carboxylic acid groups (broad SMARTS) is 1. The van der Waals surface area contributed by atoms with Gasteiger partial charge in [-0.25, -0.2) is 14.8 Å². The summed E-state index contributed by atoms with van der Waals surface area (Å²) in [5.41, 5.74) is 2.44. The Balaban J connectivity index is 1.76. The maximum Gasteiger partial charge on any atom is 0.354 e. The first-order chi connectivity index (χ1) is 11.6. The van der Waals surface area contributed by atoms with E-state index in [1.54, 1.807) is 6.92 Å². The summed E-state index contributed by atoms with van der Waals surface area (Å²) in [7, 11) is 0. The molecule has 1 heterocycles. The second-order valence-electron chi connectivity index (χ2n) is 5.32. The molecule has 0 amide bonds. The van der Waals surface area contributed by atoms with E-state index in [4.69, 9.17) is 9.84 Å². The molecule has 1 N–H and O–H groups in total. The third kappa shape index (κ3) is 3.76. The van der Waals surface area contributed by atoms with Crippen molar-refractivity contribution in [3.8, 4) is 17.1 Å². The molecule has 0 spiro atoms. The number of carbonyl (C=O) groups is 1. The zero-order chi connectivity index (χ0) is 16.9. The van der Waals surface area contributed by atoms with Crippen LogP contribution < -0.4 is 4.74 Å². The van der Waals surface area contributed by atoms with Crippen molar-refractivity contribution in [2.45, 2.75) is 13.5 Å². The van der Waals surface area contributed by atoms with Crippen molar-refractivity contribution < 1.29 is 14.6 Å². The average Bonchev–Trinajstić information content (AvgIpc) is 2.61. The van der Waals surface area contributed by atoms with Gasteiger partial charge in [0.2, 0.25) is 0 Å². The number of ether oxygens (including phenoxy) is 1. The highest BCUT2D eigenvalue weighted by Gasteiger charge is 2.10. The number of nitrogens with zero attached hydrogens (tertiary/aromatic N) is 2. The smallest absolute Gasteiger partial charge is 0.354 e. The van der Waals surface area contributed by atoms with Crippen molar-refractivity contribution in [1.82, 2.24) is 9.97 Å². The summed E-state index contributed by atoms with van der Waals surface area (Å²) < 4.78 is 5.73. The molecule has 3 rings (SSSR count). The molecule has 0 saturated heterocycles. The van der Waals surface area contributed by atoms with Crippen LogP contribution in [0.1, 0.15) is 21.7 Å². The van der Waals surface area contributed by atoms with Crippen molar-refractivity contribution >= 4 is 5.97 Å². The lowest BCUT2D eigenvalue weighted by Gasteiger charge is -2.08. The molecule has 120 valence electrons. The molecule has 24 heavy (non-hydrogen) atoms. The second-order valence-corrected chi connectivity index (χ2v) is 5.32. The molecule has 3 aromatic rings. The van der Waals surface area contributed by atoms with Crippen LogP contribution in [0.25, 0.3) is 11.4 Å². The van der Waals surface area contributed by atoms with Gasteiger partial charge in [-0.3, -0.25) is 0 Å². The molecule has 2 aromatic carbocycles. The van der Waals surface area contributed by atoms with Crippen molar-refractivity contribution in [3.05, 3.63) is 77.6 Å².